The monoisotopic (exact) mass is 276 g/mol. The van der Waals surface area contributed by atoms with Crippen LogP contribution < -0.4 is 10.5 Å². The molecule has 0 unspecified atom stereocenters. The molecule has 1 aliphatic rings. The van der Waals surface area contributed by atoms with Gasteiger partial charge in [-0.3, -0.25) is 4.79 Å². The molecule has 0 amide bonds. The molecule has 110 valence electrons. The third-order valence-corrected chi connectivity index (χ3v) is 3.62. The van der Waals surface area contributed by atoms with Crippen LogP contribution in [0.15, 0.2) is 18.2 Å². The molecule has 0 aromatic heterocycles. The highest BCUT2D eigenvalue weighted by molar-refractivity contribution is 5.81. The number of carbonyl (C=O) groups excluding carboxylic acids is 1. The maximum atomic E-state index is 11.2. The summed E-state index contributed by atoms with van der Waals surface area (Å²) in [5, 5.41) is 0. The molecule has 0 fully saturated rings. The summed E-state index contributed by atoms with van der Waals surface area (Å²) >= 11 is 0. The Morgan fingerprint density at radius 1 is 1.30 bits per heavy atom. The van der Waals surface area contributed by atoms with Gasteiger partial charge >= 0.3 is 5.97 Å². The zero-order chi connectivity index (χ0) is 14.4. The normalized spacial score (nSPS) is 13.7. The summed E-state index contributed by atoms with van der Waals surface area (Å²) in [5.74, 6) is 0.606. The second-order valence-corrected chi connectivity index (χ2v) is 5.33. The van der Waals surface area contributed by atoms with Gasteiger partial charge < -0.3 is 15.4 Å². The average Bonchev–Trinajstić information content (AvgIpc) is 2.78. The molecule has 0 aliphatic carbocycles. The van der Waals surface area contributed by atoms with Crippen LogP contribution in [0.25, 0.3) is 0 Å². The second-order valence-electron chi connectivity index (χ2n) is 5.33. The van der Waals surface area contributed by atoms with E-state index in [-0.39, 0.29) is 5.97 Å². The summed E-state index contributed by atoms with van der Waals surface area (Å²) in [6, 6.07) is 6.13. The Labute approximate surface area is 120 Å². The number of aryl methyl sites for hydroxylation is 1. The molecular formula is C16H24N2O2. The fraction of sp³-hybridized carbons (Fsp3) is 0.562. The van der Waals surface area contributed by atoms with E-state index < -0.39 is 0 Å². The Kier molecular flexibility index (Phi) is 5.56. The Bertz CT molecular complexity index is 454. The van der Waals surface area contributed by atoms with E-state index in [1.165, 1.54) is 5.56 Å². The molecule has 4 nitrogen and oxygen atoms in total. The second kappa shape index (κ2) is 7.41. The van der Waals surface area contributed by atoms with Crippen molar-refractivity contribution in [2.24, 2.45) is 5.73 Å². The molecule has 20 heavy (non-hydrogen) atoms. The van der Waals surface area contributed by atoms with Crippen molar-refractivity contribution in [3.63, 3.8) is 0 Å². The number of fused-ring (bicyclic) bond motifs is 1. The SMILES string of the molecule is CCCN(CCN)CCCc1ccc2c(c1)OC(=O)C2. The smallest absolute Gasteiger partial charge is 0.315 e. The van der Waals surface area contributed by atoms with Crippen molar-refractivity contribution in [2.45, 2.75) is 32.6 Å². The van der Waals surface area contributed by atoms with E-state index in [1.54, 1.807) is 0 Å². The lowest BCUT2D eigenvalue weighted by Crippen LogP contribution is -2.31. The molecule has 0 bridgehead atoms. The molecule has 4 heteroatoms. The quantitative estimate of drug-likeness (QED) is 0.580. The first-order valence-corrected chi connectivity index (χ1v) is 7.48. The van der Waals surface area contributed by atoms with Crippen molar-refractivity contribution < 1.29 is 9.53 Å². The average molecular weight is 276 g/mol. The lowest BCUT2D eigenvalue weighted by atomic mass is 10.1. The van der Waals surface area contributed by atoms with Crippen LogP contribution in [0.3, 0.4) is 0 Å². The van der Waals surface area contributed by atoms with Crippen LogP contribution in [0, 0.1) is 0 Å². The highest BCUT2D eigenvalue weighted by Gasteiger charge is 2.19. The van der Waals surface area contributed by atoms with E-state index in [2.05, 4.69) is 17.9 Å². The summed E-state index contributed by atoms with van der Waals surface area (Å²) in [5.41, 5.74) is 7.87. The molecule has 2 rings (SSSR count). The third-order valence-electron chi connectivity index (χ3n) is 3.62. The van der Waals surface area contributed by atoms with Gasteiger partial charge in [0.2, 0.25) is 0 Å². The lowest BCUT2D eigenvalue weighted by molar-refractivity contribution is -0.131. The molecule has 2 N–H and O–H groups in total. The largest absolute Gasteiger partial charge is 0.426 e. The molecule has 1 heterocycles. The highest BCUT2D eigenvalue weighted by Crippen LogP contribution is 2.27. The minimum absolute atomic E-state index is 0.144. The summed E-state index contributed by atoms with van der Waals surface area (Å²) in [7, 11) is 0. The molecule has 0 atom stereocenters. The minimum atomic E-state index is -0.144. The topological polar surface area (TPSA) is 55.6 Å². The molecule has 1 aromatic rings. The van der Waals surface area contributed by atoms with Crippen LogP contribution in [0.2, 0.25) is 0 Å². The van der Waals surface area contributed by atoms with E-state index >= 15 is 0 Å². The highest BCUT2D eigenvalue weighted by atomic mass is 16.5. The Balaban J connectivity index is 1.82. The molecule has 0 saturated heterocycles. The minimum Gasteiger partial charge on any atom is -0.426 e. The van der Waals surface area contributed by atoms with Crippen molar-refractivity contribution in [2.75, 3.05) is 26.2 Å². The van der Waals surface area contributed by atoms with Crippen molar-refractivity contribution in [1.29, 1.82) is 0 Å². The number of carbonyl (C=O) groups is 1. The van der Waals surface area contributed by atoms with E-state index in [1.807, 2.05) is 12.1 Å². The van der Waals surface area contributed by atoms with Gasteiger partial charge in [-0.1, -0.05) is 19.1 Å². The molecule has 0 saturated carbocycles. The van der Waals surface area contributed by atoms with Crippen LogP contribution in [0.4, 0.5) is 0 Å². The van der Waals surface area contributed by atoms with Crippen LogP contribution in [-0.2, 0) is 17.6 Å². The maximum Gasteiger partial charge on any atom is 0.315 e. The van der Waals surface area contributed by atoms with Crippen molar-refractivity contribution in [3.8, 4) is 5.75 Å². The van der Waals surface area contributed by atoms with Gasteiger partial charge in [-0.15, -0.1) is 0 Å². The molecule has 1 aromatic carbocycles. The standard InChI is InChI=1S/C16H24N2O2/c1-2-8-18(10-7-17)9-3-4-13-5-6-14-12-16(19)20-15(14)11-13/h5-6,11H,2-4,7-10,12,17H2,1H3. The summed E-state index contributed by atoms with van der Waals surface area (Å²) in [6.07, 6.45) is 3.69. The van der Waals surface area contributed by atoms with Gasteiger partial charge in [-0.25, -0.2) is 0 Å². The van der Waals surface area contributed by atoms with Gasteiger partial charge in [0.05, 0.1) is 6.42 Å². The summed E-state index contributed by atoms with van der Waals surface area (Å²) in [4.78, 5) is 13.6. The summed E-state index contributed by atoms with van der Waals surface area (Å²) < 4.78 is 5.19. The first-order valence-electron chi connectivity index (χ1n) is 7.48. The fourth-order valence-electron chi connectivity index (χ4n) is 2.65. The Hall–Kier alpha value is -1.39. The molecule has 0 radical (unpaired) electrons. The van der Waals surface area contributed by atoms with E-state index in [4.69, 9.17) is 10.5 Å². The predicted octanol–water partition coefficient (Wildman–Crippen LogP) is 1.75. The number of nitrogens with zero attached hydrogens (tertiary/aromatic N) is 1. The first kappa shape index (κ1) is 15.0. The molecule has 0 spiro atoms. The predicted molar refractivity (Wildman–Crippen MR) is 79.9 cm³/mol. The van der Waals surface area contributed by atoms with E-state index in [9.17, 15) is 4.79 Å². The molecule has 1 aliphatic heterocycles. The number of esters is 1. The number of benzene rings is 1. The van der Waals surface area contributed by atoms with Crippen LogP contribution in [0.5, 0.6) is 5.75 Å². The van der Waals surface area contributed by atoms with Gasteiger partial charge in [0.15, 0.2) is 0 Å². The van der Waals surface area contributed by atoms with Crippen molar-refractivity contribution >= 4 is 5.97 Å². The summed E-state index contributed by atoms with van der Waals surface area (Å²) in [6.45, 7) is 6.06. The van der Waals surface area contributed by atoms with Crippen LogP contribution in [0.1, 0.15) is 30.9 Å². The van der Waals surface area contributed by atoms with E-state index in [0.29, 0.717) is 6.42 Å². The number of nitrogens with two attached hydrogens (primary N) is 1. The fourth-order valence-corrected chi connectivity index (χ4v) is 2.65. The van der Waals surface area contributed by atoms with Gasteiger partial charge in [-0.05, 0) is 44.0 Å². The van der Waals surface area contributed by atoms with Gasteiger partial charge in [0.25, 0.3) is 0 Å². The Morgan fingerprint density at radius 2 is 2.15 bits per heavy atom. The van der Waals surface area contributed by atoms with Gasteiger partial charge in [0, 0.05) is 18.7 Å². The maximum absolute atomic E-state index is 11.2. The van der Waals surface area contributed by atoms with Crippen molar-refractivity contribution in [3.05, 3.63) is 29.3 Å². The van der Waals surface area contributed by atoms with Crippen LogP contribution >= 0.6 is 0 Å². The number of ether oxygens (including phenoxy) is 1. The lowest BCUT2D eigenvalue weighted by Gasteiger charge is -2.20. The zero-order valence-electron chi connectivity index (χ0n) is 12.2. The first-order chi connectivity index (χ1) is 9.72. The van der Waals surface area contributed by atoms with Gasteiger partial charge in [-0.2, -0.15) is 0 Å². The van der Waals surface area contributed by atoms with E-state index in [0.717, 1.165) is 56.8 Å². The number of hydrogen-bond donors (Lipinski definition) is 1. The van der Waals surface area contributed by atoms with Crippen LogP contribution in [-0.4, -0.2) is 37.0 Å². The molecular weight excluding hydrogens is 252 g/mol. The van der Waals surface area contributed by atoms with Gasteiger partial charge in [0.1, 0.15) is 5.75 Å². The zero-order valence-corrected chi connectivity index (χ0v) is 12.2. The third kappa shape index (κ3) is 4.05. The number of rotatable bonds is 8. The number of hydrogen-bond acceptors (Lipinski definition) is 4. The Morgan fingerprint density at radius 3 is 2.90 bits per heavy atom. The van der Waals surface area contributed by atoms with Crippen molar-refractivity contribution in [1.82, 2.24) is 4.90 Å².